The first-order chi connectivity index (χ1) is 14.6. The number of amides is 2. The normalized spacial score (nSPS) is 11.2. The van der Waals surface area contributed by atoms with Gasteiger partial charge in [0.05, 0.1) is 40.3 Å². The number of carbonyl (C=O) groups is 2. The SMILES string of the molecule is C[N+](C)(CCNC(=O)CCc1ccc(Cl)cc1)CCNC(=O)c1nc(Cl)c(N)nc1N. The van der Waals surface area contributed by atoms with Gasteiger partial charge in [-0.25, -0.2) is 9.97 Å². The minimum absolute atomic E-state index is 0.00229. The Hall–Kier alpha value is -2.62. The van der Waals surface area contributed by atoms with E-state index in [0.717, 1.165) is 5.56 Å². The molecule has 11 heteroatoms. The number of aryl methyl sites for hydroxylation is 1. The third-order valence-electron chi connectivity index (χ3n) is 4.72. The molecule has 0 fully saturated rings. The van der Waals surface area contributed by atoms with Crippen molar-refractivity contribution in [2.24, 2.45) is 0 Å². The topological polar surface area (TPSA) is 136 Å². The summed E-state index contributed by atoms with van der Waals surface area (Å²) < 4.78 is 0.599. The van der Waals surface area contributed by atoms with Gasteiger partial charge < -0.3 is 26.6 Å². The summed E-state index contributed by atoms with van der Waals surface area (Å²) in [6, 6.07) is 7.47. The van der Waals surface area contributed by atoms with Crippen molar-refractivity contribution in [1.82, 2.24) is 20.6 Å². The Bertz CT molecular complexity index is 920. The summed E-state index contributed by atoms with van der Waals surface area (Å²) in [5.74, 6) is -0.571. The number of halogens is 2. The fraction of sp³-hybridized carbons (Fsp3) is 0.400. The van der Waals surface area contributed by atoms with Crippen LogP contribution in [0.15, 0.2) is 24.3 Å². The molecule has 2 amide bonds. The average Bonchev–Trinajstić information content (AvgIpc) is 2.70. The first-order valence-corrected chi connectivity index (χ1v) is 10.5. The van der Waals surface area contributed by atoms with Gasteiger partial charge in [-0.15, -0.1) is 0 Å². The number of nitrogen functional groups attached to an aromatic ring is 2. The van der Waals surface area contributed by atoms with Crippen molar-refractivity contribution in [2.45, 2.75) is 12.8 Å². The van der Waals surface area contributed by atoms with Crippen molar-refractivity contribution in [1.29, 1.82) is 0 Å². The molecular formula is C20H28Cl2N7O2+. The van der Waals surface area contributed by atoms with Gasteiger partial charge >= 0.3 is 0 Å². The summed E-state index contributed by atoms with van der Waals surface area (Å²) in [7, 11) is 4.03. The number of benzene rings is 1. The number of likely N-dealkylation sites (N-methyl/N-ethyl adjacent to an activating group) is 1. The average molecular weight is 469 g/mol. The summed E-state index contributed by atoms with van der Waals surface area (Å²) in [5, 5.41) is 6.30. The molecule has 2 rings (SSSR count). The molecule has 0 atom stereocenters. The van der Waals surface area contributed by atoms with Gasteiger partial charge in [-0.2, -0.15) is 0 Å². The zero-order chi connectivity index (χ0) is 23.0. The molecule has 0 radical (unpaired) electrons. The number of nitrogens with two attached hydrogens (primary N) is 2. The van der Waals surface area contributed by atoms with Gasteiger partial charge in [-0.3, -0.25) is 9.59 Å². The third-order valence-corrected chi connectivity index (χ3v) is 5.25. The van der Waals surface area contributed by atoms with Crippen LogP contribution in [0.25, 0.3) is 0 Å². The maximum Gasteiger partial charge on any atom is 0.273 e. The molecule has 0 unspecified atom stereocenters. The summed E-state index contributed by atoms with van der Waals surface area (Å²) in [6.07, 6.45) is 1.08. The van der Waals surface area contributed by atoms with E-state index in [2.05, 4.69) is 20.6 Å². The lowest BCUT2D eigenvalue weighted by Gasteiger charge is -2.30. The van der Waals surface area contributed by atoms with E-state index in [1.807, 2.05) is 38.4 Å². The van der Waals surface area contributed by atoms with E-state index in [-0.39, 0.29) is 28.4 Å². The Morgan fingerprint density at radius 2 is 1.58 bits per heavy atom. The first kappa shape index (κ1) is 24.6. The molecule has 1 aromatic carbocycles. The van der Waals surface area contributed by atoms with Crippen LogP contribution in [0.4, 0.5) is 11.6 Å². The number of hydrogen-bond donors (Lipinski definition) is 4. The van der Waals surface area contributed by atoms with Crippen LogP contribution in [0.1, 0.15) is 22.5 Å². The Kier molecular flexibility index (Phi) is 8.85. The maximum absolute atomic E-state index is 12.3. The Balaban J connectivity index is 1.69. The fourth-order valence-corrected chi connectivity index (χ4v) is 3.02. The van der Waals surface area contributed by atoms with Gasteiger partial charge in [0.25, 0.3) is 5.91 Å². The second-order valence-electron chi connectivity index (χ2n) is 7.75. The number of rotatable bonds is 10. The Morgan fingerprint density at radius 1 is 0.968 bits per heavy atom. The molecular weight excluding hydrogens is 441 g/mol. The van der Waals surface area contributed by atoms with Gasteiger partial charge in [0, 0.05) is 11.4 Å². The largest absolute Gasteiger partial charge is 0.382 e. The number of hydrogen-bond acceptors (Lipinski definition) is 6. The summed E-state index contributed by atoms with van der Waals surface area (Å²) in [4.78, 5) is 32.0. The second-order valence-corrected chi connectivity index (χ2v) is 8.54. The lowest BCUT2D eigenvalue weighted by Crippen LogP contribution is -2.49. The van der Waals surface area contributed by atoms with E-state index in [4.69, 9.17) is 34.7 Å². The van der Waals surface area contributed by atoms with Crippen molar-refractivity contribution >= 4 is 46.7 Å². The van der Waals surface area contributed by atoms with Crippen molar-refractivity contribution in [3.05, 3.63) is 45.7 Å². The molecule has 168 valence electrons. The quantitative estimate of drug-likeness (QED) is 0.390. The van der Waals surface area contributed by atoms with Crippen LogP contribution >= 0.6 is 23.2 Å². The smallest absolute Gasteiger partial charge is 0.273 e. The molecule has 0 aliphatic rings. The second kappa shape index (κ2) is 11.1. The van der Waals surface area contributed by atoms with Crippen LogP contribution in [0.3, 0.4) is 0 Å². The van der Waals surface area contributed by atoms with Crippen LogP contribution in [0.5, 0.6) is 0 Å². The molecule has 9 nitrogen and oxygen atoms in total. The highest BCUT2D eigenvalue weighted by Crippen LogP contribution is 2.17. The van der Waals surface area contributed by atoms with Crippen LogP contribution in [-0.4, -0.2) is 66.5 Å². The number of aromatic nitrogens is 2. The third kappa shape index (κ3) is 8.20. The zero-order valence-electron chi connectivity index (χ0n) is 17.6. The molecule has 0 spiro atoms. The molecule has 0 aliphatic carbocycles. The highest BCUT2D eigenvalue weighted by Gasteiger charge is 2.19. The minimum atomic E-state index is -0.470. The van der Waals surface area contributed by atoms with E-state index in [1.165, 1.54) is 0 Å². The van der Waals surface area contributed by atoms with Crippen LogP contribution < -0.4 is 22.1 Å². The molecule has 2 aromatic rings. The van der Waals surface area contributed by atoms with Crippen molar-refractivity contribution < 1.29 is 14.1 Å². The summed E-state index contributed by atoms with van der Waals surface area (Å²) in [6.45, 7) is 2.27. The molecule has 1 heterocycles. The molecule has 1 aromatic heterocycles. The predicted octanol–water partition coefficient (Wildman–Crippen LogP) is 1.50. The van der Waals surface area contributed by atoms with E-state index in [9.17, 15) is 9.59 Å². The number of carbonyl (C=O) groups excluding carboxylic acids is 2. The van der Waals surface area contributed by atoms with E-state index < -0.39 is 5.91 Å². The highest BCUT2D eigenvalue weighted by atomic mass is 35.5. The number of anilines is 2. The van der Waals surface area contributed by atoms with Crippen molar-refractivity contribution in [3.8, 4) is 0 Å². The van der Waals surface area contributed by atoms with E-state index in [1.54, 1.807) is 0 Å². The predicted molar refractivity (Wildman–Crippen MR) is 123 cm³/mol. The molecule has 0 bridgehead atoms. The lowest BCUT2D eigenvalue weighted by atomic mass is 10.1. The van der Waals surface area contributed by atoms with Gasteiger partial charge in [0.1, 0.15) is 0 Å². The number of quaternary nitrogens is 1. The molecule has 0 saturated carbocycles. The van der Waals surface area contributed by atoms with Gasteiger partial charge in [-0.05, 0) is 24.1 Å². The Labute approximate surface area is 191 Å². The van der Waals surface area contributed by atoms with E-state index >= 15 is 0 Å². The monoisotopic (exact) mass is 468 g/mol. The first-order valence-electron chi connectivity index (χ1n) is 9.77. The minimum Gasteiger partial charge on any atom is -0.382 e. The van der Waals surface area contributed by atoms with Gasteiger partial charge in [0.15, 0.2) is 22.5 Å². The summed E-state index contributed by atoms with van der Waals surface area (Å²) >= 11 is 11.7. The molecule has 0 aliphatic heterocycles. The Morgan fingerprint density at radius 3 is 2.23 bits per heavy atom. The van der Waals surface area contributed by atoms with Crippen molar-refractivity contribution in [3.63, 3.8) is 0 Å². The lowest BCUT2D eigenvalue weighted by molar-refractivity contribution is -0.887. The van der Waals surface area contributed by atoms with E-state index in [0.29, 0.717) is 48.5 Å². The van der Waals surface area contributed by atoms with Crippen LogP contribution in [0, 0.1) is 0 Å². The molecule has 31 heavy (non-hydrogen) atoms. The van der Waals surface area contributed by atoms with Crippen LogP contribution in [0.2, 0.25) is 10.2 Å². The molecule has 0 saturated heterocycles. The van der Waals surface area contributed by atoms with Crippen LogP contribution in [-0.2, 0) is 11.2 Å². The highest BCUT2D eigenvalue weighted by molar-refractivity contribution is 6.31. The zero-order valence-corrected chi connectivity index (χ0v) is 19.1. The van der Waals surface area contributed by atoms with Crippen molar-refractivity contribution in [2.75, 3.05) is 51.7 Å². The molecule has 6 N–H and O–H groups in total. The number of nitrogens with zero attached hydrogens (tertiary/aromatic N) is 3. The maximum atomic E-state index is 12.3. The standard InChI is InChI=1S/C20H27Cl2N7O2/c1-29(2,11-9-25-15(30)8-5-13-3-6-14(21)7-4-13)12-10-26-20(31)16-18(23)28-19(24)17(22)27-16/h3-4,6-7H,5,8-12H2,1-2H3,(H5-,23,24,25,26,28,30,31)/p+1. The van der Waals surface area contributed by atoms with Gasteiger partial charge in [0.2, 0.25) is 5.91 Å². The summed E-state index contributed by atoms with van der Waals surface area (Å²) in [5.41, 5.74) is 12.2. The fourth-order valence-electron chi connectivity index (χ4n) is 2.77. The number of nitrogens with one attached hydrogen (secondary N) is 2. The van der Waals surface area contributed by atoms with Gasteiger partial charge in [-0.1, -0.05) is 35.3 Å².